The maximum absolute atomic E-state index is 5.50. The molecule has 13 heavy (non-hydrogen) atoms. The lowest BCUT2D eigenvalue weighted by atomic mass is 10.2. The van der Waals surface area contributed by atoms with E-state index in [9.17, 15) is 0 Å². The standard InChI is InChI=1S/C8H10O3PS/c1-9-12(13)10-6-7-4-2-3-5-8(7)11-12/h2-5,13H,6H2,1H3. The van der Waals surface area contributed by atoms with Crippen molar-refractivity contribution in [2.24, 2.45) is 0 Å². The summed E-state index contributed by atoms with van der Waals surface area (Å²) >= 11 is 4.22. The minimum Gasteiger partial charge on any atom is -0.427 e. The van der Waals surface area contributed by atoms with E-state index in [1.165, 1.54) is 7.11 Å². The minimum atomic E-state index is -2.38. The van der Waals surface area contributed by atoms with Gasteiger partial charge in [-0.3, -0.25) is 4.52 Å². The molecule has 1 aliphatic heterocycles. The minimum absolute atomic E-state index is 0.501. The molecule has 1 aromatic carbocycles. The molecule has 1 radical (unpaired) electrons. The van der Waals surface area contributed by atoms with Gasteiger partial charge in [0.25, 0.3) is 0 Å². The number of rotatable bonds is 1. The number of fused-ring (bicyclic) bond motifs is 1. The lowest BCUT2D eigenvalue weighted by molar-refractivity contribution is 0.200. The molecule has 0 bridgehead atoms. The summed E-state index contributed by atoms with van der Waals surface area (Å²) in [5.41, 5.74) is 1.03. The Labute approximate surface area is 82.7 Å². The van der Waals surface area contributed by atoms with Gasteiger partial charge in [0, 0.05) is 12.7 Å². The van der Waals surface area contributed by atoms with Gasteiger partial charge < -0.3 is 9.05 Å². The van der Waals surface area contributed by atoms with Crippen LogP contribution in [0.15, 0.2) is 24.3 Å². The zero-order chi connectivity index (χ0) is 9.31. The smallest absolute Gasteiger partial charge is 0.344 e. The molecule has 0 aromatic heterocycles. The Kier molecular flexibility index (Phi) is 2.47. The molecule has 1 aliphatic rings. The molecular weight excluding hydrogens is 207 g/mol. The van der Waals surface area contributed by atoms with Crippen molar-refractivity contribution in [3.63, 3.8) is 0 Å². The van der Waals surface area contributed by atoms with Crippen molar-refractivity contribution < 1.29 is 13.6 Å². The first kappa shape index (κ1) is 9.28. The Morgan fingerprint density at radius 1 is 1.46 bits per heavy atom. The first-order chi connectivity index (χ1) is 6.23. The van der Waals surface area contributed by atoms with Crippen LogP contribution in [0.1, 0.15) is 5.56 Å². The van der Waals surface area contributed by atoms with Crippen LogP contribution in [0.3, 0.4) is 0 Å². The molecule has 2 rings (SSSR count). The molecule has 0 amide bonds. The SMILES string of the molecule is CO[P]1(S)OCc2ccccc2O1. The van der Waals surface area contributed by atoms with Crippen molar-refractivity contribution in [1.29, 1.82) is 0 Å². The fourth-order valence-electron chi connectivity index (χ4n) is 1.10. The predicted molar refractivity (Wildman–Crippen MR) is 54.8 cm³/mol. The summed E-state index contributed by atoms with van der Waals surface area (Å²) in [5.74, 6) is 0.805. The van der Waals surface area contributed by atoms with Crippen molar-refractivity contribution in [3.05, 3.63) is 29.8 Å². The average Bonchev–Trinajstić information content (AvgIpc) is 2.18. The highest BCUT2D eigenvalue weighted by Gasteiger charge is 2.32. The van der Waals surface area contributed by atoms with Gasteiger partial charge in [-0.2, -0.15) is 0 Å². The largest absolute Gasteiger partial charge is 0.427 e. The second kappa shape index (κ2) is 3.46. The van der Waals surface area contributed by atoms with E-state index >= 15 is 0 Å². The summed E-state index contributed by atoms with van der Waals surface area (Å²) in [6.45, 7) is 0.501. The normalized spacial score (nSPS) is 26.3. The van der Waals surface area contributed by atoms with Crippen LogP contribution in [0, 0.1) is 0 Å². The van der Waals surface area contributed by atoms with Gasteiger partial charge in [-0.05, 0) is 6.07 Å². The highest BCUT2D eigenvalue weighted by atomic mass is 32.7. The van der Waals surface area contributed by atoms with Crippen molar-refractivity contribution >= 4 is 19.4 Å². The average molecular weight is 217 g/mol. The summed E-state index contributed by atoms with van der Waals surface area (Å²) in [5, 5.41) is 0. The van der Waals surface area contributed by atoms with Crippen LogP contribution in [0.25, 0.3) is 0 Å². The molecule has 0 spiro atoms. The lowest BCUT2D eigenvalue weighted by Crippen LogP contribution is -2.09. The first-order valence-electron chi connectivity index (χ1n) is 3.83. The molecule has 0 saturated heterocycles. The number of hydrogen-bond donors (Lipinski definition) is 1. The van der Waals surface area contributed by atoms with E-state index < -0.39 is 7.15 Å². The van der Waals surface area contributed by atoms with Crippen molar-refractivity contribution in [2.45, 2.75) is 6.61 Å². The quantitative estimate of drug-likeness (QED) is 0.579. The van der Waals surface area contributed by atoms with Gasteiger partial charge in [-0.1, -0.05) is 30.4 Å². The number of thiol groups is 1. The van der Waals surface area contributed by atoms with E-state index in [2.05, 4.69) is 12.2 Å². The molecule has 0 aliphatic carbocycles. The molecule has 1 aromatic rings. The van der Waals surface area contributed by atoms with Gasteiger partial charge in [-0.25, -0.2) is 0 Å². The summed E-state index contributed by atoms with van der Waals surface area (Å²) in [7, 11) is -0.846. The van der Waals surface area contributed by atoms with Gasteiger partial charge in [0.15, 0.2) is 0 Å². The van der Waals surface area contributed by atoms with Crippen LogP contribution in [0.5, 0.6) is 5.75 Å². The molecule has 5 heteroatoms. The Morgan fingerprint density at radius 2 is 2.23 bits per heavy atom. The molecule has 1 atom stereocenters. The summed E-state index contributed by atoms with van der Waals surface area (Å²) in [6.07, 6.45) is 0. The highest BCUT2D eigenvalue weighted by molar-refractivity contribution is 8.47. The Hall–Kier alpha value is -0.280. The Balaban J connectivity index is 2.29. The molecular formula is C8H10O3PS. The van der Waals surface area contributed by atoms with E-state index in [1.807, 2.05) is 24.3 Å². The number of para-hydroxylation sites is 1. The van der Waals surface area contributed by atoms with Crippen LogP contribution in [-0.2, 0) is 15.7 Å². The Bertz CT molecular complexity index is 320. The molecule has 0 fully saturated rings. The summed E-state index contributed by atoms with van der Waals surface area (Å²) < 4.78 is 15.9. The second-order valence-electron chi connectivity index (χ2n) is 2.62. The van der Waals surface area contributed by atoms with Crippen LogP contribution in [0.4, 0.5) is 0 Å². The van der Waals surface area contributed by atoms with E-state index in [4.69, 9.17) is 13.6 Å². The van der Waals surface area contributed by atoms with Gasteiger partial charge in [-0.15, -0.1) is 0 Å². The van der Waals surface area contributed by atoms with Gasteiger partial charge in [0.05, 0.1) is 6.61 Å². The van der Waals surface area contributed by atoms with Gasteiger partial charge in [0.1, 0.15) is 5.75 Å². The summed E-state index contributed by atoms with van der Waals surface area (Å²) in [4.78, 5) is 0. The van der Waals surface area contributed by atoms with E-state index in [0.717, 1.165) is 11.3 Å². The van der Waals surface area contributed by atoms with Gasteiger partial charge in [0.2, 0.25) is 0 Å². The number of hydrogen-bond acceptors (Lipinski definition) is 4. The maximum atomic E-state index is 5.50. The van der Waals surface area contributed by atoms with Gasteiger partial charge >= 0.3 is 7.15 Å². The maximum Gasteiger partial charge on any atom is 0.344 e. The van der Waals surface area contributed by atoms with Crippen LogP contribution < -0.4 is 4.52 Å². The van der Waals surface area contributed by atoms with Crippen LogP contribution in [0.2, 0.25) is 0 Å². The van der Waals surface area contributed by atoms with E-state index in [0.29, 0.717) is 6.61 Å². The molecule has 0 saturated carbocycles. The zero-order valence-corrected chi connectivity index (χ0v) is 8.92. The monoisotopic (exact) mass is 217 g/mol. The first-order valence-corrected chi connectivity index (χ1v) is 6.53. The van der Waals surface area contributed by atoms with Crippen molar-refractivity contribution in [2.75, 3.05) is 7.11 Å². The third-order valence-corrected chi connectivity index (χ3v) is 4.23. The second-order valence-corrected chi connectivity index (χ2v) is 5.84. The Morgan fingerprint density at radius 3 is 3.00 bits per heavy atom. The van der Waals surface area contributed by atoms with Crippen molar-refractivity contribution in [3.8, 4) is 5.75 Å². The topological polar surface area (TPSA) is 27.7 Å². The lowest BCUT2D eigenvalue weighted by Gasteiger charge is -2.32. The molecule has 0 N–H and O–H groups in total. The molecule has 1 unspecified atom stereocenters. The van der Waals surface area contributed by atoms with E-state index in [1.54, 1.807) is 0 Å². The third kappa shape index (κ3) is 1.81. The van der Waals surface area contributed by atoms with Crippen LogP contribution in [-0.4, -0.2) is 7.11 Å². The highest BCUT2D eigenvalue weighted by Crippen LogP contribution is 2.68. The van der Waals surface area contributed by atoms with Crippen molar-refractivity contribution in [1.82, 2.24) is 0 Å². The van der Waals surface area contributed by atoms with Crippen LogP contribution >= 0.6 is 19.4 Å². The molecule has 3 nitrogen and oxygen atoms in total. The molecule has 1 heterocycles. The number of benzene rings is 1. The molecule has 71 valence electrons. The fourth-order valence-corrected chi connectivity index (χ4v) is 2.50. The fraction of sp³-hybridized carbons (Fsp3) is 0.250. The predicted octanol–water partition coefficient (Wildman–Crippen LogP) is 2.85. The summed E-state index contributed by atoms with van der Waals surface area (Å²) in [6, 6.07) is 7.71. The third-order valence-electron chi connectivity index (χ3n) is 1.80. The van der Waals surface area contributed by atoms with E-state index in [-0.39, 0.29) is 0 Å². The zero-order valence-electron chi connectivity index (χ0n) is 7.14.